The fraction of sp³-hybridized carbons (Fsp3) is 0.562. The van der Waals surface area contributed by atoms with Crippen molar-refractivity contribution in [1.29, 1.82) is 0 Å². The van der Waals surface area contributed by atoms with Crippen LogP contribution in [0.25, 0.3) is 5.65 Å². The first-order valence-corrected chi connectivity index (χ1v) is 8.76. The molecular weight excluding hydrogens is 314 g/mol. The van der Waals surface area contributed by atoms with E-state index in [0.29, 0.717) is 6.04 Å². The average molecular weight is 336 g/mol. The quantitative estimate of drug-likeness (QED) is 0.772. The first-order chi connectivity index (χ1) is 9.85. The van der Waals surface area contributed by atoms with Gasteiger partial charge in [-0.3, -0.25) is 0 Å². The molecule has 3 heterocycles. The van der Waals surface area contributed by atoms with Crippen molar-refractivity contribution in [2.75, 3.05) is 11.4 Å². The van der Waals surface area contributed by atoms with Gasteiger partial charge in [0.2, 0.25) is 0 Å². The van der Waals surface area contributed by atoms with Crippen LogP contribution in [0.5, 0.6) is 0 Å². The van der Waals surface area contributed by atoms with Crippen molar-refractivity contribution in [3.63, 3.8) is 0 Å². The van der Waals surface area contributed by atoms with Crippen LogP contribution in [0.3, 0.4) is 0 Å². The predicted molar refractivity (Wildman–Crippen MR) is 87.7 cm³/mol. The third-order valence-electron chi connectivity index (χ3n) is 4.26. The summed E-state index contributed by atoms with van der Waals surface area (Å²) in [6.07, 6.45) is 8.59. The number of aromatic nitrogens is 2. The van der Waals surface area contributed by atoms with Crippen molar-refractivity contribution in [1.82, 2.24) is 9.38 Å². The SMILES string of the molecule is CCCC1CCCCN1c1nc2ccccn2c1CBr. The van der Waals surface area contributed by atoms with Gasteiger partial charge < -0.3 is 9.30 Å². The van der Waals surface area contributed by atoms with E-state index in [9.17, 15) is 0 Å². The maximum absolute atomic E-state index is 4.90. The molecule has 0 spiro atoms. The van der Waals surface area contributed by atoms with E-state index in [1.54, 1.807) is 0 Å². The zero-order valence-corrected chi connectivity index (χ0v) is 13.6. The molecule has 3 nitrogen and oxygen atoms in total. The molecule has 2 aromatic heterocycles. The molecule has 1 atom stereocenters. The van der Waals surface area contributed by atoms with Crippen LogP contribution < -0.4 is 4.90 Å². The van der Waals surface area contributed by atoms with Gasteiger partial charge in [0.1, 0.15) is 5.65 Å². The molecule has 0 radical (unpaired) electrons. The molecule has 0 saturated carbocycles. The molecule has 0 aromatic carbocycles. The van der Waals surface area contributed by atoms with Crippen LogP contribution >= 0.6 is 15.9 Å². The smallest absolute Gasteiger partial charge is 0.152 e. The normalized spacial score (nSPS) is 19.7. The lowest BCUT2D eigenvalue weighted by molar-refractivity contribution is 0.431. The lowest BCUT2D eigenvalue weighted by Gasteiger charge is -2.36. The highest BCUT2D eigenvalue weighted by molar-refractivity contribution is 9.08. The zero-order chi connectivity index (χ0) is 13.9. The number of imidazole rings is 1. The molecule has 0 aliphatic carbocycles. The Bertz CT molecular complexity index is 576. The Morgan fingerprint density at radius 1 is 1.35 bits per heavy atom. The fourth-order valence-corrected chi connectivity index (χ4v) is 3.82. The molecule has 0 bridgehead atoms. The van der Waals surface area contributed by atoms with Crippen LogP contribution in [0.15, 0.2) is 24.4 Å². The van der Waals surface area contributed by atoms with Gasteiger partial charge in [0, 0.05) is 24.1 Å². The number of rotatable bonds is 4. The first kappa shape index (κ1) is 13.9. The Kier molecular flexibility index (Phi) is 4.29. The Morgan fingerprint density at radius 3 is 3.05 bits per heavy atom. The Labute approximate surface area is 129 Å². The largest absolute Gasteiger partial charge is 0.352 e. The summed E-state index contributed by atoms with van der Waals surface area (Å²) in [6.45, 7) is 3.43. The van der Waals surface area contributed by atoms with E-state index < -0.39 is 0 Å². The van der Waals surface area contributed by atoms with E-state index in [1.807, 2.05) is 0 Å². The summed E-state index contributed by atoms with van der Waals surface area (Å²) in [5, 5.41) is 0.850. The van der Waals surface area contributed by atoms with Crippen molar-refractivity contribution in [3.8, 4) is 0 Å². The molecule has 3 rings (SSSR count). The number of hydrogen-bond donors (Lipinski definition) is 0. The van der Waals surface area contributed by atoms with Gasteiger partial charge >= 0.3 is 0 Å². The molecule has 1 saturated heterocycles. The number of halogens is 1. The molecule has 4 heteroatoms. The summed E-state index contributed by atoms with van der Waals surface area (Å²) in [5.41, 5.74) is 2.33. The number of alkyl halides is 1. The molecule has 1 aliphatic heterocycles. The van der Waals surface area contributed by atoms with Gasteiger partial charge in [-0.2, -0.15) is 0 Å². The van der Waals surface area contributed by atoms with Crippen LogP contribution in [-0.4, -0.2) is 22.0 Å². The van der Waals surface area contributed by atoms with Crippen molar-refractivity contribution >= 4 is 27.4 Å². The highest BCUT2D eigenvalue weighted by Crippen LogP contribution is 2.31. The second-order valence-electron chi connectivity index (χ2n) is 5.58. The van der Waals surface area contributed by atoms with E-state index in [4.69, 9.17) is 4.98 Å². The van der Waals surface area contributed by atoms with Gasteiger partial charge in [0.05, 0.1) is 5.69 Å². The number of pyridine rings is 1. The minimum Gasteiger partial charge on any atom is -0.352 e. The minimum atomic E-state index is 0.663. The molecule has 1 unspecified atom stereocenters. The van der Waals surface area contributed by atoms with Gasteiger partial charge in [-0.25, -0.2) is 4.98 Å². The molecule has 1 aliphatic rings. The van der Waals surface area contributed by atoms with Crippen molar-refractivity contribution in [2.24, 2.45) is 0 Å². The first-order valence-electron chi connectivity index (χ1n) is 7.63. The maximum Gasteiger partial charge on any atom is 0.152 e. The summed E-state index contributed by atoms with van der Waals surface area (Å²) in [7, 11) is 0. The van der Waals surface area contributed by atoms with Crippen LogP contribution in [0.4, 0.5) is 5.82 Å². The standard InChI is InChI=1S/C16H22BrN3/c1-2-7-13-8-3-5-10-19(13)16-14(12-17)20-11-6-4-9-15(20)18-16/h4,6,9,11,13H,2-3,5,7-8,10,12H2,1H3. The lowest BCUT2D eigenvalue weighted by Crippen LogP contribution is -2.40. The highest BCUT2D eigenvalue weighted by atomic mass is 79.9. The molecule has 108 valence electrons. The van der Waals surface area contributed by atoms with E-state index in [2.05, 4.69) is 56.6 Å². The Balaban J connectivity index is 2.03. The monoisotopic (exact) mass is 335 g/mol. The third-order valence-corrected chi connectivity index (χ3v) is 4.79. The summed E-state index contributed by atoms with van der Waals surface area (Å²) < 4.78 is 2.21. The number of fused-ring (bicyclic) bond motifs is 1. The number of hydrogen-bond acceptors (Lipinski definition) is 2. The number of piperidine rings is 1. The Hall–Kier alpha value is -1.03. The zero-order valence-electron chi connectivity index (χ0n) is 12.1. The van der Waals surface area contributed by atoms with E-state index in [-0.39, 0.29) is 0 Å². The van der Waals surface area contributed by atoms with Gasteiger partial charge in [-0.1, -0.05) is 35.3 Å². The van der Waals surface area contributed by atoms with Gasteiger partial charge in [0.25, 0.3) is 0 Å². The van der Waals surface area contributed by atoms with Gasteiger partial charge in [0.15, 0.2) is 5.82 Å². The van der Waals surface area contributed by atoms with E-state index in [0.717, 1.165) is 17.5 Å². The fourth-order valence-electron chi connectivity index (χ4n) is 3.30. The minimum absolute atomic E-state index is 0.663. The van der Waals surface area contributed by atoms with Crippen LogP contribution in [-0.2, 0) is 5.33 Å². The van der Waals surface area contributed by atoms with Crippen LogP contribution in [0.2, 0.25) is 0 Å². The second kappa shape index (κ2) is 6.17. The van der Waals surface area contributed by atoms with Crippen LogP contribution in [0.1, 0.15) is 44.7 Å². The third kappa shape index (κ3) is 2.46. The molecule has 0 N–H and O–H groups in total. The van der Waals surface area contributed by atoms with Gasteiger partial charge in [-0.15, -0.1) is 0 Å². The predicted octanol–water partition coefficient (Wildman–Crippen LogP) is 4.39. The second-order valence-corrected chi connectivity index (χ2v) is 6.14. The molecule has 2 aromatic rings. The number of anilines is 1. The van der Waals surface area contributed by atoms with E-state index >= 15 is 0 Å². The summed E-state index contributed by atoms with van der Waals surface area (Å²) >= 11 is 3.65. The van der Waals surface area contributed by atoms with Crippen LogP contribution in [0, 0.1) is 0 Å². The Morgan fingerprint density at radius 2 is 2.25 bits per heavy atom. The molecular formula is C16H22BrN3. The van der Waals surface area contributed by atoms with Crippen molar-refractivity contribution < 1.29 is 0 Å². The van der Waals surface area contributed by atoms with E-state index in [1.165, 1.54) is 43.6 Å². The highest BCUT2D eigenvalue weighted by Gasteiger charge is 2.26. The summed E-state index contributed by atoms with van der Waals surface area (Å²) in [6, 6.07) is 6.89. The van der Waals surface area contributed by atoms with Gasteiger partial charge in [-0.05, 0) is 37.8 Å². The molecule has 20 heavy (non-hydrogen) atoms. The molecule has 0 amide bonds. The van der Waals surface area contributed by atoms with Crippen molar-refractivity contribution in [2.45, 2.75) is 50.4 Å². The average Bonchev–Trinajstić information content (AvgIpc) is 2.86. The topological polar surface area (TPSA) is 20.5 Å². The molecule has 1 fully saturated rings. The lowest BCUT2D eigenvalue weighted by atomic mass is 9.98. The van der Waals surface area contributed by atoms with Crippen molar-refractivity contribution in [3.05, 3.63) is 30.1 Å². The number of nitrogens with zero attached hydrogens (tertiary/aromatic N) is 3. The summed E-state index contributed by atoms with van der Waals surface area (Å²) in [4.78, 5) is 7.45. The summed E-state index contributed by atoms with van der Waals surface area (Å²) in [5.74, 6) is 1.19. The maximum atomic E-state index is 4.90.